The molecule has 3 aromatic rings. The Balaban J connectivity index is 1.54. The second-order valence-electron chi connectivity index (χ2n) is 10.2. The van der Waals surface area contributed by atoms with Crippen molar-refractivity contribution < 1.29 is 13.9 Å². The Morgan fingerprint density at radius 1 is 1.24 bits per heavy atom. The number of anilines is 3. The number of imidazole rings is 1. The second-order valence-corrected chi connectivity index (χ2v) is 11.0. The first-order chi connectivity index (χ1) is 17.6. The van der Waals surface area contributed by atoms with Gasteiger partial charge in [-0.15, -0.1) is 0 Å². The fourth-order valence-electron chi connectivity index (χ4n) is 5.14. The van der Waals surface area contributed by atoms with Gasteiger partial charge in [0.2, 0.25) is 17.8 Å². The van der Waals surface area contributed by atoms with Crippen LogP contribution in [0.2, 0.25) is 10.0 Å². The summed E-state index contributed by atoms with van der Waals surface area (Å²) in [4.78, 5) is 26.0. The number of hydrogen-bond donors (Lipinski definition) is 3. The third-order valence-electron chi connectivity index (χ3n) is 7.54. The number of benzene rings is 1. The Labute approximate surface area is 224 Å². The predicted octanol–water partition coefficient (Wildman–Crippen LogP) is 5.33. The number of nitrogens with zero attached hydrogens (tertiary/aromatic N) is 4. The molecule has 12 heteroatoms. The third kappa shape index (κ3) is 5.19. The van der Waals surface area contributed by atoms with Crippen molar-refractivity contribution in [2.24, 2.45) is 11.1 Å². The molecule has 5 rings (SSSR count). The molecule has 0 spiro atoms. The molecule has 3 heterocycles. The van der Waals surface area contributed by atoms with E-state index < -0.39 is 17.6 Å². The molecule has 1 saturated heterocycles. The van der Waals surface area contributed by atoms with Gasteiger partial charge >= 0.3 is 0 Å². The number of aryl methyl sites for hydroxylation is 1. The average Bonchev–Trinajstić information content (AvgIpc) is 3.20. The highest BCUT2D eigenvalue weighted by molar-refractivity contribution is 6.36. The van der Waals surface area contributed by atoms with E-state index in [1.54, 1.807) is 12.3 Å². The van der Waals surface area contributed by atoms with Crippen molar-refractivity contribution in [2.45, 2.75) is 64.2 Å². The molecule has 1 aromatic carbocycles. The highest BCUT2D eigenvalue weighted by Crippen LogP contribution is 2.43. The molecule has 9 nitrogen and oxygen atoms in total. The number of amides is 1. The predicted molar refractivity (Wildman–Crippen MR) is 142 cm³/mol. The van der Waals surface area contributed by atoms with E-state index in [4.69, 9.17) is 43.6 Å². The fourth-order valence-corrected chi connectivity index (χ4v) is 5.79. The molecule has 0 unspecified atom stereocenters. The van der Waals surface area contributed by atoms with E-state index in [0.717, 1.165) is 5.56 Å². The zero-order valence-corrected chi connectivity index (χ0v) is 22.2. The van der Waals surface area contributed by atoms with E-state index in [2.05, 4.69) is 15.6 Å². The highest BCUT2D eigenvalue weighted by atomic mass is 35.5. The minimum absolute atomic E-state index is 0.00561. The van der Waals surface area contributed by atoms with Gasteiger partial charge in [0, 0.05) is 23.1 Å². The topological polar surface area (TPSA) is 120 Å². The van der Waals surface area contributed by atoms with Crippen molar-refractivity contribution in [3.8, 4) is 0 Å². The van der Waals surface area contributed by atoms with Gasteiger partial charge in [0.1, 0.15) is 11.7 Å². The lowest BCUT2D eigenvalue weighted by atomic mass is 9.73. The lowest BCUT2D eigenvalue weighted by molar-refractivity contribution is -0.128. The van der Waals surface area contributed by atoms with E-state index in [1.165, 1.54) is 0 Å². The van der Waals surface area contributed by atoms with Gasteiger partial charge in [-0.25, -0.2) is 14.4 Å². The van der Waals surface area contributed by atoms with Gasteiger partial charge in [-0.1, -0.05) is 30.1 Å². The number of fused-ring (bicyclic) bond motifs is 1. The van der Waals surface area contributed by atoms with Crippen molar-refractivity contribution in [1.82, 2.24) is 19.5 Å². The first-order valence-electron chi connectivity index (χ1n) is 12.4. The van der Waals surface area contributed by atoms with Crippen LogP contribution < -0.4 is 16.4 Å². The maximum atomic E-state index is 14.4. The summed E-state index contributed by atoms with van der Waals surface area (Å²) in [5, 5.41) is 7.52. The molecule has 1 aliphatic heterocycles. The number of nitrogens with one attached hydrogen (secondary N) is 2. The monoisotopic (exact) mass is 549 g/mol. The van der Waals surface area contributed by atoms with E-state index in [0.29, 0.717) is 77.5 Å². The molecule has 1 amide bonds. The second kappa shape index (κ2) is 10.2. The van der Waals surface area contributed by atoms with Gasteiger partial charge in [0.25, 0.3) is 0 Å². The number of nitrogens with two attached hydrogens (primary N) is 1. The van der Waals surface area contributed by atoms with Gasteiger partial charge in [-0.3, -0.25) is 9.36 Å². The SMILES string of the molecule is Cc1cc(Cl)cc(Cl)c1Nc1nc2cnc(N[C@@H]3CCOC[C@H]3F)nc2n1C1CCC(C)(C(N)=O)CC1. The zero-order chi connectivity index (χ0) is 26.3. The molecule has 2 aromatic heterocycles. The van der Waals surface area contributed by atoms with Crippen LogP contribution >= 0.6 is 23.2 Å². The van der Waals surface area contributed by atoms with Crippen molar-refractivity contribution in [1.29, 1.82) is 0 Å². The van der Waals surface area contributed by atoms with E-state index >= 15 is 0 Å². The van der Waals surface area contributed by atoms with Gasteiger partial charge in [-0.05, 0) is 56.7 Å². The maximum absolute atomic E-state index is 14.4. The number of carbonyl (C=O) groups is 1. The van der Waals surface area contributed by atoms with Crippen LogP contribution in [-0.4, -0.2) is 50.9 Å². The molecule has 0 radical (unpaired) electrons. The smallest absolute Gasteiger partial charge is 0.225 e. The lowest BCUT2D eigenvalue weighted by Crippen LogP contribution is -2.39. The molecule has 2 fully saturated rings. The van der Waals surface area contributed by atoms with Crippen LogP contribution in [0.3, 0.4) is 0 Å². The van der Waals surface area contributed by atoms with Crippen LogP contribution in [0.4, 0.5) is 22.0 Å². The van der Waals surface area contributed by atoms with Crippen molar-refractivity contribution in [3.63, 3.8) is 0 Å². The third-order valence-corrected chi connectivity index (χ3v) is 8.06. The summed E-state index contributed by atoms with van der Waals surface area (Å²) < 4.78 is 21.6. The van der Waals surface area contributed by atoms with Gasteiger partial charge in [-0.2, -0.15) is 4.98 Å². The van der Waals surface area contributed by atoms with E-state index in [9.17, 15) is 9.18 Å². The minimum atomic E-state index is -1.14. The fraction of sp³-hybridized carbons (Fsp3) is 0.520. The Bertz CT molecular complexity index is 1300. The Hall–Kier alpha value is -2.69. The number of alkyl halides is 1. The maximum Gasteiger partial charge on any atom is 0.225 e. The molecule has 1 aliphatic carbocycles. The van der Waals surface area contributed by atoms with Crippen LogP contribution in [0.25, 0.3) is 11.2 Å². The standard InChI is InChI=1S/C25H30Cl2FN7O2/c1-13-9-14(26)10-16(27)20(13)33-24-32-19-11-30-23(31-18-5-8-37-12-17(18)28)34-21(19)35(24)15-3-6-25(2,7-4-15)22(29)36/h9-11,15,17-18H,3-8,12H2,1-2H3,(H2,29,36)(H,32,33)(H,30,31,34)/t15?,17-,18-,25?/m1/s1. The molecule has 1 saturated carbocycles. The van der Waals surface area contributed by atoms with Crippen LogP contribution in [0.5, 0.6) is 0 Å². The first kappa shape index (κ1) is 25.9. The number of carbonyl (C=O) groups excluding carboxylic acids is 1. The number of halogens is 3. The molecule has 2 aliphatic rings. The quantitative estimate of drug-likeness (QED) is 0.380. The molecule has 0 bridgehead atoms. The van der Waals surface area contributed by atoms with Gasteiger partial charge < -0.3 is 21.1 Å². The van der Waals surface area contributed by atoms with Crippen molar-refractivity contribution in [2.75, 3.05) is 23.8 Å². The summed E-state index contributed by atoms with van der Waals surface area (Å²) in [6.45, 7) is 4.36. The lowest BCUT2D eigenvalue weighted by Gasteiger charge is -2.35. The Morgan fingerprint density at radius 3 is 2.68 bits per heavy atom. The van der Waals surface area contributed by atoms with Crippen LogP contribution in [0, 0.1) is 12.3 Å². The summed E-state index contributed by atoms with van der Waals surface area (Å²) >= 11 is 12.7. The van der Waals surface area contributed by atoms with E-state index in [1.807, 2.05) is 24.5 Å². The first-order valence-corrected chi connectivity index (χ1v) is 13.2. The zero-order valence-electron chi connectivity index (χ0n) is 20.7. The van der Waals surface area contributed by atoms with Crippen LogP contribution in [0.15, 0.2) is 18.3 Å². The number of hydrogen-bond acceptors (Lipinski definition) is 7. The van der Waals surface area contributed by atoms with Crippen LogP contribution in [-0.2, 0) is 9.53 Å². The summed E-state index contributed by atoms with van der Waals surface area (Å²) in [6.07, 6.45) is 3.74. The molecule has 37 heavy (non-hydrogen) atoms. The summed E-state index contributed by atoms with van der Waals surface area (Å²) in [5.41, 5.74) is 7.89. The Kier molecular flexibility index (Phi) is 7.17. The largest absolute Gasteiger partial charge is 0.378 e. The number of aromatic nitrogens is 4. The Morgan fingerprint density at radius 2 is 2.00 bits per heavy atom. The van der Waals surface area contributed by atoms with Crippen molar-refractivity contribution >= 4 is 57.9 Å². The molecular weight excluding hydrogens is 520 g/mol. The average molecular weight is 550 g/mol. The normalized spacial score (nSPS) is 26.2. The summed E-state index contributed by atoms with van der Waals surface area (Å²) in [7, 11) is 0. The number of ether oxygens (including phenoxy) is 1. The minimum Gasteiger partial charge on any atom is -0.378 e. The molecule has 4 N–H and O–H groups in total. The van der Waals surface area contributed by atoms with Gasteiger partial charge in [0.15, 0.2) is 5.65 Å². The van der Waals surface area contributed by atoms with E-state index in [-0.39, 0.29) is 18.6 Å². The van der Waals surface area contributed by atoms with Crippen LogP contribution in [0.1, 0.15) is 50.6 Å². The summed E-state index contributed by atoms with van der Waals surface area (Å²) in [5.74, 6) is 0.596. The molecule has 2 atom stereocenters. The highest BCUT2D eigenvalue weighted by Gasteiger charge is 2.38. The molecule has 198 valence electrons. The number of primary amides is 1. The summed E-state index contributed by atoms with van der Waals surface area (Å²) in [6, 6.07) is 3.07. The van der Waals surface area contributed by atoms with Gasteiger partial charge in [0.05, 0.1) is 29.6 Å². The number of rotatable bonds is 6. The van der Waals surface area contributed by atoms with Crippen molar-refractivity contribution in [3.05, 3.63) is 33.9 Å². The molecular formula is C25H30Cl2FN7O2.